The van der Waals surface area contributed by atoms with Gasteiger partial charge in [0.1, 0.15) is 11.8 Å². The number of carbonyl (C=O) groups is 2. The van der Waals surface area contributed by atoms with Crippen LogP contribution in [-0.2, 0) is 16.0 Å². The van der Waals surface area contributed by atoms with E-state index in [1.54, 1.807) is 36.4 Å². The van der Waals surface area contributed by atoms with Crippen molar-refractivity contribution in [3.8, 4) is 5.75 Å². The third-order valence-electron chi connectivity index (χ3n) is 3.20. The molecule has 2 N–H and O–H groups in total. The molecule has 0 aliphatic carbocycles. The van der Waals surface area contributed by atoms with Crippen molar-refractivity contribution >= 4 is 11.9 Å². The number of esters is 1. The van der Waals surface area contributed by atoms with Crippen molar-refractivity contribution in [2.75, 3.05) is 7.11 Å². The summed E-state index contributed by atoms with van der Waals surface area (Å²) in [6, 6.07) is 14.3. The number of amides is 1. The van der Waals surface area contributed by atoms with Crippen molar-refractivity contribution in [1.82, 2.24) is 5.32 Å². The van der Waals surface area contributed by atoms with E-state index in [0.717, 1.165) is 5.56 Å². The summed E-state index contributed by atoms with van der Waals surface area (Å²) in [5.41, 5.74) is 1.28. The Morgan fingerprint density at radius 1 is 1.09 bits per heavy atom. The van der Waals surface area contributed by atoms with E-state index < -0.39 is 12.0 Å². The summed E-state index contributed by atoms with van der Waals surface area (Å²) in [4.78, 5) is 24.0. The lowest BCUT2D eigenvalue weighted by Crippen LogP contribution is -2.43. The van der Waals surface area contributed by atoms with Gasteiger partial charge < -0.3 is 15.2 Å². The molecule has 0 spiro atoms. The second-order valence-electron chi connectivity index (χ2n) is 4.79. The first-order chi connectivity index (χ1) is 10.6. The Labute approximate surface area is 128 Å². The highest BCUT2D eigenvalue weighted by Crippen LogP contribution is 2.12. The Bertz CT molecular complexity index is 637. The number of hydrogen-bond acceptors (Lipinski definition) is 4. The van der Waals surface area contributed by atoms with Crippen LogP contribution in [0.3, 0.4) is 0 Å². The van der Waals surface area contributed by atoms with Gasteiger partial charge >= 0.3 is 5.97 Å². The van der Waals surface area contributed by atoms with E-state index in [2.05, 4.69) is 5.32 Å². The number of phenolic OH excluding ortho intramolecular Hbond substituents is 1. The van der Waals surface area contributed by atoms with Gasteiger partial charge in [0.25, 0.3) is 5.91 Å². The van der Waals surface area contributed by atoms with Gasteiger partial charge in [-0.3, -0.25) is 4.79 Å². The molecule has 0 saturated carbocycles. The van der Waals surface area contributed by atoms with Gasteiger partial charge in [-0.15, -0.1) is 0 Å². The van der Waals surface area contributed by atoms with Crippen LogP contribution in [0, 0.1) is 0 Å². The van der Waals surface area contributed by atoms with Crippen molar-refractivity contribution in [3.05, 3.63) is 65.7 Å². The van der Waals surface area contributed by atoms with Crippen LogP contribution in [0.25, 0.3) is 0 Å². The van der Waals surface area contributed by atoms with Gasteiger partial charge in [-0.05, 0) is 29.8 Å². The first-order valence-corrected chi connectivity index (χ1v) is 6.82. The number of methoxy groups -OCH3 is 1. The van der Waals surface area contributed by atoms with Crippen molar-refractivity contribution in [3.63, 3.8) is 0 Å². The molecule has 0 saturated heterocycles. The quantitative estimate of drug-likeness (QED) is 0.827. The predicted molar refractivity (Wildman–Crippen MR) is 81.5 cm³/mol. The first-order valence-electron chi connectivity index (χ1n) is 6.82. The summed E-state index contributed by atoms with van der Waals surface area (Å²) in [6.45, 7) is 0. The summed E-state index contributed by atoms with van der Waals surface area (Å²) in [6.07, 6.45) is 0.283. The first kappa shape index (κ1) is 15.6. The Kier molecular flexibility index (Phi) is 5.14. The minimum Gasteiger partial charge on any atom is -0.508 e. The standard InChI is InChI=1S/C17H17NO4/c1-22-17(21)15(11-12-7-9-14(19)10-8-12)18-16(20)13-5-3-2-4-6-13/h2-10,15,19H,11H2,1H3,(H,18,20)/t15-/m0/s1. The normalized spacial score (nSPS) is 11.5. The molecule has 114 valence electrons. The molecule has 2 rings (SSSR count). The number of ether oxygens (including phenoxy) is 1. The molecule has 5 nitrogen and oxygen atoms in total. The maximum atomic E-state index is 12.2. The Hall–Kier alpha value is -2.82. The minimum atomic E-state index is -0.790. The molecule has 0 heterocycles. The Morgan fingerprint density at radius 3 is 2.32 bits per heavy atom. The average Bonchev–Trinajstić information content (AvgIpc) is 2.56. The van der Waals surface area contributed by atoms with Crippen molar-refractivity contribution < 1.29 is 19.4 Å². The summed E-state index contributed by atoms with van der Waals surface area (Å²) in [5, 5.41) is 11.9. The molecule has 0 fully saturated rings. The largest absolute Gasteiger partial charge is 0.508 e. The third kappa shape index (κ3) is 4.09. The van der Waals surface area contributed by atoms with Crippen LogP contribution in [0.15, 0.2) is 54.6 Å². The number of phenols is 1. The van der Waals surface area contributed by atoms with Gasteiger partial charge in [0, 0.05) is 12.0 Å². The average molecular weight is 299 g/mol. The number of aromatic hydroxyl groups is 1. The van der Waals surface area contributed by atoms with Crippen LogP contribution in [0.1, 0.15) is 15.9 Å². The van der Waals surface area contributed by atoms with E-state index in [1.165, 1.54) is 19.2 Å². The molecule has 2 aromatic rings. The predicted octanol–water partition coefficient (Wildman–Crippen LogP) is 1.91. The van der Waals surface area contributed by atoms with Crippen molar-refractivity contribution in [1.29, 1.82) is 0 Å². The molecule has 0 aliphatic rings. The second kappa shape index (κ2) is 7.26. The van der Waals surface area contributed by atoms with E-state index >= 15 is 0 Å². The minimum absolute atomic E-state index is 0.145. The molecule has 22 heavy (non-hydrogen) atoms. The molecule has 0 aromatic heterocycles. The van der Waals surface area contributed by atoms with Gasteiger partial charge in [0.2, 0.25) is 0 Å². The highest BCUT2D eigenvalue weighted by molar-refractivity contribution is 5.96. The number of benzene rings is 2. The van der Waals surface area contributed by atoms with Gasteiger partial charge in [0.15, 0.2) is 0 Å². The van der Waals surface area contributed by atoms with Gasteiger partial charge in [-0.2, -0.15) is 0 Å². The zero-order valence-electron chi connectivity index (χ0n) is 12.2. The Morgan fingerprint density at radius 2 is 1.73 bits per heavy atom. The van der Waals surface area contributed by atoms with Crippen LogP contribution in [0.2, 0.25) is 0 Å². The summed E-state index contributed by atoms with van der Waals surface area (Å²) >= 11 is 0. The van der Waals surface area contributed by atoms with Crippen molar-refractivity contribution in [2.24, 2.45) is 0 Å². The summed E-state index contributed by atoms with van der Waals surface area (Å²) < 4.78 is 4.74. The fourth-order valence-electron chi connectivity index (χ4n) is 2.03. The highest BCUT2D eigenvalue weighted by Gasteiger charge is 2.22. The maximum absolute atomic E-state index is 12.2. The van der Waals surface area contributed by atoms with Crippen molar-refractivity contribution in [2.45, 2.75) is 12.5 Å². The number of rotatable bonds is 5. The molecule has 0 radical (unpaired) electrons. The number of hydrogen-bond donors (Lipinski definition) is 2. The third-order valence-corrected chi connectivity index (χ3v) is 3.20. The molecule has 0 aliphatic heterocycles. The number of nitrogens with one attached hydrogen (secondary N) is 1. The van der Waals surface area contributed by atoms with E-state index in [0.29, 0.717) is 5.56 Å². The lowest BCUT2D eigenvalue weighted by molar-refractivity contribution is -0.142. The summed E-state index contributed by atoms with van der Waals surface area (Å²) in [7, 11) is 1.28. The summed E-state index contributed by atoms with van der Waals surface area (Å²) in [5.74, 6) is -0.709. The van der Waals surface area contributed by atoms with E-state index in [-0.39, 0.29) is 18.1 Å². The molecule has 2 aromatic carbocycles. The monoisotopic (exact) mass is 299 g/mol. The van der Waals surface area contributed by atoms with E-state index in [4.69, 9.17) is 4.74 Å². The second-order valence-corrected chi connectivity index (χ2v) is 4.79. The molecule has 0 unspecified atom stereocenters. The topological polar surface area (TPSA) is 75.6 Å². The fraction of sp³-hybridized carbons (Fsp3) is 0.176. The SMILES string of the molecule is COC(=O)[C@H](Cc1ccc(O)cc1)NC(=O)c1ccccc1. The highest BCUT2D eigenvalue weighted by atomic mass is 16.5. The zero-order valence-corrected chi connectivity index (χ0v) is 12.2. The molecular weight excluding hydrogens is 282 g/mol. The zero-order chi connectivity index (χ0) is 15.9. The van der Waals surface area contributed by atoms with Gasteiger partial charge in [-0.25, -0.2) is 4.79 Å². The number of carbonyl (C=O) groups excluding carboxylic acids is 2. The van der Waals surface area contributed by atoms with Gasteiger partial charge in [0.05, 0.1) is 7.11 Å². The Balaban J connectivity index is 2.11. The van der Waals surface area contributed by atoms with Crippen LogP contribution < -0.4 is 5.32 Å². The van der Waals surface area contributed by atoms with E-state index in [1.807, 2.05) is 6.07 Å². The molecule has 0 bridgehead atoms. The van der Waals surface area contributed by atoms with Crippen LogP contribution >= 0.6 is 0 Å². The maximum Gasteiger partial charge on any atom is 0.328 e. The van der Waals surface area contributed by atoms with Crippen LogP contribution in [0.5, 0.6) is 5.75 Å². The lowest BCUT2D eigenvalue weighted by Gasteiger charge is -2.16. The van der Waals surface area contributed by atoms with Crippen LogP contribution in [0.4, 0.5) is 0 Å². The smallest absolute Gasteiger partial charge is 0.328 e. The van der Waals surface area contributed by atoms with Gasteiger partial charge in [-0.1, -0.05) is 30.3 Å². The molecule has 1 atom stereocenters. The molecular formula is C17H17NO4. The fourth-order valence-corrected chi connectivity index (χ4v) is 2.03. The van der Waals surface area contributed by atoms with Crippen LogP contribution in [-0.4, -0.2) is 30.1 Å². The molecule has 5 heteroatoms. The lowest BCUT2D eigenvalue weighted by atomic mass is 10.1. The molecule has 1 amide bonds. The van der Waals surface area contributed by atoms with E-state index in [9.17, 15) is 14.7 Å².